The van der Waals surface area contributed by atoms with E-state index in [9.17, 15) is 0 Å². The van der Waals surface area contributed by atoms with Crippen molar-refractivity contribution in [3.63, 3.8) is 0 Å². The number of fused-ring (bicyclic) bond motifs is 1. The lowest BCUT2D eigenvalue weighted by Crippen LogP contribution is -2.38. The van der Waals surface area contributed by atoms with Crippen LogP contribution in [0, 0.1) is 6.92 Å². The van der Waals surface area contributed by atoms with E-state index in [2.05, 4.69) is 23.6 Å². The molecule has 0 spiro atoms. The van der Waals surface area contributed by atoms with Crippen molar-refractivity contribution in [3.8, 4) is 0 Å². The number of nitrogens with zero attached hydrogens (tertiary/aromatic N) is 2. The number of hydrogen-bond acceptors (Lipinski definition) is 2. The molecule has 0 amide bonds. The smallest absolute Gasteiger partial charge is 0.0849 e. The van der Waals surface area contributed by atoms with E-state index in [4.69, 9.17) is 4.74 Å². The van der Waals surface area contributed by atoms with Crippen molar-refractivity contribution in [2.45, 2.75) is 38.8 Å². The van der Waals surface area contributed by atoms with Gasteiger partial charge in [-0.15, -0.1) is 0 Å². The van der Waals surface area contributed by atoms with Crippen LogP contribution >= 0.6 is 0 Å². The molecule has 3 heteroatoms. The van der Waals surface area contributed by atoms with Crippen molar-refractivity contribution in [3.05, 3.63) is 17.5 Å². The van der Waals surface area contributed by atoms with E-state index in [1.54, 1.807) is 7.11 Å². The molecule has 3 nitrogen and oxygen atoms in total. The summed E-state index contributed by atoms with van der Waals surface area (Å²) in [6.45, 7) is 5.15. The summed E-state index contributed by atoms with van der Waals surface area (Å²) in [4.78, 5) is 0. The average Bonchev–Trinajstić information content (AvgIpc) is 2.47. The van der Waals surface area contributed by atoms with Gasteiger partial charge in [0.2, 0.25) is 0 Å². The molecule has 72 valence electrons. The Hall–Kier alpha value is -0.830. The molecule has 0 radical (unpaired) electrons. The van der Waals surface area contributed by atoms with Gasteiger partial charge in [0, 0.05) is 12.8 Å². The number of ether oxygens (including phenoxy) is 1. The first-order valence-corrected chi connectivity index (χ1v) is 4.71. The Bertz CT molecular complexity index is 319. The van der Waals surface area contributed by atoms with Crippen LogP contribution in [0.25, 0.3) is 0 Å². The van der Waals surface area contributed by atoms with E-state index in [0.717, 1.165) is 19.4 Å². The van der Waals surface area contributed by atoms with Crippen molar-refractivity contribution >= 4 is 0 Å². The summed E-state index contributed by atoms with van der Waals surface area (Å²) in [6, 6.07) is 0. The zero-order valence-corrected chi connectivity index (χ0v) is 8.50. The van der Waals surface area contributed by atoms with Gasteiger partial charge in [0.1, 0.15) is 0 Å². The van der Waals surface area contributed by atoms with E-state index in [1.807, 2.05) is 6.20 Å². The van der Waals surface area contributed by atoms with Crippen molar-refractivity contribution in [1.82, 2.24) is 9.78 Å². The van der Waals surface area contributed by atoms with Crippen LogP contribution in [0.1, 0.15) is 24.6 Å². The van der Waals surface area contributed by atoms with Gasteiger partial charge in [0.05, 0.1) is 18.3 Å². The SMILES string of the molecule is COC1(C)CCc2c(C)cnn2C1. The average molecular weight is 180 g/mol. The fourth-order valence-corrected chi connectivity index (χ4v) is 1.91. The number of methoxy groups -OCH3 is 1. The normalized spacial score (nSPS) is 27.3. The predicted molar refractivity (Wildman–Crippen MR) is 50.7 cm³/mol. The molecular weight excluding hydrogens is 164 g/mol. The van der Waals surface area contributed by atoms with Gasteiger partial charge in [0.15, 0.2) is 0 Å². The third-order valence-corrected chi connectivity index (χ3v) is 3.03. The minimum absolute atomic E-state index is 0.0224. The summed E-state index contributed by atoms with van der Waals surface area (Å²) < 4.78 is 7.56. The summed E-state index contributed by atoms with van der Waals surface area (Å²) >= 11 is 0. The lowest BCUT2D eigenvalue weighted by molar-refractivity contribution is -0.0267. The highest BCUT2D eigenvalue weighted by Gasteiger charge is 2.30. The first-order chi connectivity index (χ1) is 6.14. The summed E-state index contributed by atoms with van der Waals surface area (Å²) in [7, 11) is 1.78. The van der Waals surface area contributed by atoms with Gasteiger partial charge in [-0.3, -0.25) is 4.68 Å². The molecule has 1 aliphatic rings. The Labute approximate surface area is 78.7 Å². The minimum atomic E-state index is -0.0224. The van der Waals surface area contributed by atoms with Gasteiger partial charge in [-0.25, -0.2) is 0 Å². The Morgan fingerprint density at radius 3 is 3.08 bits per heavy atom. The predicted octanol–water partition coefficient (Wildman–Crippen LogP) is 1.54. The van der Waals surface area contributed by atoms with Gasteiger partial charge in [-0.05, 0) is 32.3 Å². The Kier molecular flexibility index (Phi) is 1.91. The Morgan fingerprint density at radius 1 is 1.62 bits per heavy atom. The Morgan fingerprint density at radius 2 is 2.38 bits per heavy atom. The van der Waals surface area contributed by atoms with Crippen LogP contribution in [0.3, 0.4) is 0 Å². The van der Waals surface area contributed by atoms with Gasteiger partial charge in [0.25, 0.3) is 0 Å². The van der Waals surface area contributed by atoms with Crippen LogP contribution in [0.2, 0.25) is 0 Å². The zero-order valence-electron chi connectivity index (χ0n) is 8.50. The molecule has 0 saturated heterocycles. The number of hydrogen-bond donors (Lipinski definition) is 0. The number of aryl methyl sites for hydroxylation is 1. The van der Waals surface area contributed by atoms with E-state index >= 15 is 0 Å². The number of aromatic nitrogens is 2. The highest BCUT2D eigenvalue weighted by molar-refractivity contribution is 5.18. The van der Waals surface area contributed by atoms with Crippen LogP contribution in [-0.4, -0.2) is 22.5 Å². The molecule has 2 heterocycles. The largest absolute Gasteiger partial charge is 0.377 e. The second-order valence-corrected chi connectivity index (χ2v) is 4.09. The number of rotatable bonds is 1. The zero-order chi connectivity index (χ0) is 9.47. The third-order valence-electron chi connectivity index (χ3n) is 3.03. The molecule has 1 atom stereocenters. The highest BCUT2D eigenvalue weighted by Crippen LogP contribution is 2.27. The molecule has 0 aliphatic carbocycles. The molecule has 0 aromatic carbocycles. The minimum Gasteiger partial charge on any atom is -0.377 e. The summed E-state index contributed by atoms with van der Waals surface area (Å²) in [5, 5.41) is 4.34. The second kappa shape index (κ2) is 2.84. The maximum absolute atomic E-state index is 5.48. The topological polar surface area (TPSA) is 27.1 Å². The van der Waals surface area contributed by atoms with Crippen LogP contribution in [0.15, 0.2) is 6.20 Å². The molecule has 0 saturated carbocycles. The quantitative estimate of drug-likeness (QED) is 0.655. The maximum Gasteiger partial charge on any atom is 0.0849 e. The lowest BCUT2D eigenvalue weighted by atomic mass is 9.94. The van der Waals surface area contributed by atoms with Gasteiger partial charge in [-0.2, -0.15) is 5.10 Å². The molecular formula is C10H16N2O. The van der Waals surface area contributed by atoms with Crippen LogP contribution in [0.4, 0.5) is 0 Å². The molecule has 1 unspecified atom stereocenters. The first-order valence-electron chi connectivity index (χ1n) is 4.71. The van der Waals surface area contributed by atoms with Crippen molar-refractivity contribution in [1.29, 1.82) is 0 Å². The van der Waals surface area contributed by atoms with Crippen LogP contribution in [-0.2, 0) is 17.7 Å². The molecule has 1 aliphatic heterocycles. The monoisotopic (exact) mass is 180 g/mol. The molecule has 0 fully saturated rings. The molecule has 0 N–H and O–H groups in total. The lowest BCUT2D eigenvalue weighted by Gasteiger charge is -2.33. The summed E-state index contributed by atoms with van der Waals surface area (Å²) in [6.07, 6.45) is 4.11. The molecule has 1 aromatic heterocycles. The van der Waals surface area contributed by atoms with Gasteiger partial charge < -0.3 is 4.74 Å². The summed E-state index contributed by atoms with van der Waals surface area (Å²) in [5.74, 6) is 0. The summed E-state index contributed by atoms with van der Waals surface area (Å²) in [5.41, 5.74) is 2.65. The van der Waals surface area contributed by atoms with E-state index in [0.29, 0.717) is 0 Å². The fraction of sp³-hybridized carbons (Fsp3) is 0.700. The highest BCUT2D eigenvalue weighted by atomic mass is 16.5. The molecule has 1 aromatic rings. The Balaban J connectivity index is 2.30. The second-order valence-electron chi connectivity index (χ2n) is 4.09. The van der Waals surface area contributed by atoms with E-state index in [-0.39, 0.29) is 5.60 Å². The fourth-order valence-electron chi connectivity index (χ4n) is 1.91. The van der Waals surface area contributed by atoms with Crippen molar-refractivity contribution in [2.75, 3.05) is 7.11 Å². The molecule has 13 heavy (non-hydrogen) atoms. The standard InChI is InChI=1S/C10H16N2O/c1-8-6-11-12-7-10(2,13-3)5-4-9(8)12/h6H,4-5,7H2,1-3H3. The first kappa shape index (κ1) is 8.75. The van der Waals surface area contributed by atoms with Crippen molar-refractivity contribution < 1.29 is 4.74 Å². The maximum atomic E-state index is 5.48. The van der Waals surface area contributed by atoms with Crippen LogP contribution < -0.4 is 0 Å². The van der Waals surface area contributed by atoms with Gasteiger partial charge in [-0.1, -0.05) is 0 Å². The van der Waals surface area contributed by atoms with E-state index < -0.39 is 0 Å². The molecule has 2 rings (SSSR count). The third kappa shape index (κ3) is 1.37. The van der Waals surface area contributed by atoms with Gasteiger partial charge >= 0.3 is 0 Å². The van der Waals surface area contributed by atoms with Crippen molar-refractivity contribution in [2.24, 2.45) is 0 Å². The van der Waals surface area contributed by atoms with Crippen LogP contribution in [0.5, 0.6) is 0 Å². The van der Waals surface area contributed by atoms with E-state index in [1.165, 1.54) is 11.3 Å². The molecule has 0 bridgehead atoms.